The molecule has 0 amide bonds. The van der Waals surface area contributed by atoms with Gasteiger partial charge in [0.15, 0.2) is 0 Å². The Labute approximate surface area is 167 Å². The molecule has 0 aromatic carbocycles. The van der Waals surface area contributed by atoms with Crippen molar-refractivity contribution in [1.29, 1.82) is 0 Å². The Kier molecular flexibility index (Phi) is 17.1. The number of unbranched alkanes of at least 4 members (excludes halogenated alkanes) is 9. The second-order valence-electron chi connectivity index (χ2n) is 9.17. The zero-order valence-corrected chi connectivity index (χ0v) is 18.6. The van der Waals surface area contributed by atoms with Crippen molar-refractivity contribution in [2.75, 3.05) is 0 Å². The molecule has 1 fully saturated rings. The Morgan fingerprint density at radius 1 is 0.577 bits per heavy atom. The Morgan fingerprint density at radius 3 is 1.50 bits per heavy atom. The maximum atomic E-state index is 2.86. The zero-order chi connectivity index (χ0) is 18.7. The van der Waals surface area contributed by atoms with Crippen LogP contribution in [0.2, 0.25) is 11.6 Å². The van der Waals surface area contributed by atoms with Gasteiger partial charge in [0.25, 0.3) is 0 Å². The van der Waals surface area contributed by atoms with E-state index in [1.807, 2.05) is 0 Å². The topological polar surface area (TPSA) is 0 Å². The number of hydrogen-bond donors (Lipinski definition) is 0. The SMILES string of the molecule is CCCCCCCCC([B]C1CCCCCCCC1)CCCCCCC. The van der Waals surface area contributed by atoms with Crippen LogP contribution >= 0.6 is 0 Å². The summed E-state index contributed by atoms with van der Waals surface area (Å²) in [6, 6.07) is 0. The summed E-state index contributed by atoms with van der Waals surface area (Å²) in [5, 5.41) is 0. The number of hydrogen-bond acceptors (Lipinski definition) is 0. The van der Waals surface area contributed by atoms with Gasteiger partial charge in [0.05, 0.1) is 0 Å². The Morgan fingerprint density at radius 2 is 1.00 bits per heavy atom. The maximum Gasteiger partial charge on any atom is 0.117 e. The molecule has 0 aromatic heterocycles. The fourth-order valence-electron chi connectivity index (χ4n) is 4.78. The van der Waals surface area contributed by atoms with Crippen molar-refractivity contribution in [3.8, 4) is 0 Å². The molecule has 0 spiro atoms. The zero-order valence-electron chi connectivity index (χ0n) is 18.6. The lowest BCUT2D eigenvalue weighted by Crippen LogP contribution is -2.12. The minimum Gasteiger partial charge on any atom is -0.0686 e. The van der Waals surface area contributed by atoms with Crippen LogP contribution in [-0.4, -0.2) is 7.28 Å². The fourth-order valence-corrected chi connectivity index (χ4v) is 4.78. The first-order chi connectivity index (χ1) is 12.9. The van der Waals surface area contributed by atoms with Crippen LogP contribution < -0.4 is 0 Å². The molecule has 1 radical (unpaired) electrons. The fraction of sp³-hybridized carbons (Fsp3) is 1.00. The Hall–Kier alpha value is 0.0649. The van der Waals surface area contributed by atoms with Gasteiger partial charge in [-0.05, 0) is 0 Å². The van der Waals surface area contributed by atoms with Crippen LogP contribution in [0.1, 0.15) is 149 Å². The third-order valence-corrected chi connectivity index (χ3v) is 6.55. The quantitative estimate of drug-likeness (QED) is 0.201. The van der Waals surface area contributed by atoms with E-state index in [4.69, 9.17) is 0 Å². The summed E-state index contributed by atoms with van der Waals surface area (Å²) >= 11 is 0. The van der Waals surface area contributed by atoms with E-state index in [1.165, 1.54) is 135 Å². The van der Waals surface area contributed by atoms with Gasteiger partial charge >= 0.3 is 0 Å². The van der Waals surface area contributed by atoms with Gasteiger partial charge in [0.2, 0.25) is 0 Å². The monoisotopic (exact) mass is 361 g/mol. The lowest BCUT2D eigenvalue weighted by Gasteiger charge is -2.23. The van der Waals surface area contributed by atoms with E-state index in [1.54, 1.807) is 0 Å². The van der Waals surface area contributed by atoms with E-state index in [0.29, 0.717) is 0 Å². The highest BCUT2D eigenvalue weighted by molar-refractivity contribution is 6.39. The van der Waals surface area contributed by atoms with Gasteiger partial charge < -0.3 is 0 Å². The highest BCUT2D eigenvalue weighted by Gasteiger charge is 2.18. The average molecular weight is 361 g/mol. The molecule has 1 atom stereocenters. The smallest absolute Gasteiger partial charge is 0.0686 e. The highest BCUT2D eigenvalue weighted by Crippen LogP contribution is 2.33. The molecule has 0 N–H and O–H groups in total. The van der Waals surface area contributed by atoms with Gasteiger partial charge in [-0.25, -0.2) is 0 Å². The molecule has 0 aliphatic heterocycles. The summed E-state index contributed by atoms with van der Waals surface area (Å²) in [5.41, 5.74) is 0. The molecular weight excluding hydrogens is 311 g/mol. The standard InChI is InChI=1S/C25H50B/c1-3-5-7-9-13-17-21-24(20-16-12-8-6-4-2)26-25-22-18-14-10-11-15-19-23-25/h24-25H,3-23H2,1-2H3. The first-order valence-corrected chi connectivity index (χ1v) is 12.7. The van der Waals surface area contributed by atoms with Gasteiger partial charge in [0, 0.05) is 0 Å². The molecule has 0 saturated heterocycles. The summed E-state index contributed by atoms with van der Waals surface area (Å²) in [4.78, 5) is 0. The van der Waals surface area contributed by atoms with Gasteiger partial charge in [-0.1, -0.05) is 160 Å². The molecule has 1 rings (SSSR count). The van der Waals surface area contributed by atoms with Crippen molar-refractivity contribution >= 4 is 7.28 Å². The lowest BCUT2D eigenvalue weighted by molar-refractivity contribution is 0.526. The van der Waals surface area contributed by atoms with Gasteiger partial charge in [-0.3, -0.25) is 0 Å². The first kappa shape index (κ1) is 24.1. The summed E-state index contributed by atoms with van der Waals surface area (Å²) < 4.78 is 0. The molecule has 0 aromatic rings. The largest absolute Gasteiger partial charge is 0.117 e. The lowest BCUT2D eigenvalue weighted by atomic mass is 9.50. The molecule has 1 saturated carbocycles. The molecule has 0 bridgehead atoms. The normalized spacial score (nSPS) is 18.1. The summed E-state index contributed by atoms with van der Waals surface area (Å²) in [6.45, 7) is 4.65. The maximum absolute atomic E-state index is 2.86. The van der Waals surface area contributed by atoms with Gasteiger partial charge in [-0.2, -0.15) is 0 Å². The second kappa shape index (κ2) is 18.4. The summed E-state index contributed by atoms with van der Waals surface area (Å²) in [5.74, 6) is 1.86. The minimum absolute atomic E-state index is 0.925. The van der Waals surface area contributed by atoms with E-state index in [2.05, 4.69) is 21.1 Å². The Balaban J connectivity index is 2.31. The van der Waals surface area contributed by atoms with E-state index < -0.39 is 0 Å². The minimum atomic E-state index is 0.925. The summed E-state index contributed by atoms with van der Waals surface area (Å²) in [7, 11) is 2.86. The predicted octanol–water partition coefficient (Wildman–Crippen LogP) is 9.51. The van der Waals surface area contributed by atoms with Crippen molar-refractivity contribution in [3.63, 3.8) is 0 Å². The number of rotatable bonds is 15. The molecule has 1 unspecified atom stereocenters. The molecule has 1 aliphatic carbocycles. The van der Waals surface area contributed by atoms with E-state index in [-0.39, 0.29) is 0 Å². The van der Waals surface area contributed by atoms with Crippen molar-refractivity contribution in [3.05, 3.63) is 0 Å². The van der Waals surface area contributed by atoms with Crippen LogP contribution in [0.25, 0.3) is 0 Å². The molecule has 26 heavy (non-hydrogen) atoms. The summed E-state index contributed by atoms with van der Waals surface area (Å²) in [6.07, 6.45) is 30.8. The third-order valence-electron chi connectivity index (χ3n) is 6.55. The Bertz CT molecular complexity index is 265. The molecule has 0 heterocycles. The van der Waals surface area contributed by atoms with Crippen LogP contribution in [0.4, 0.5) is 0 Å². The van der Waals surface area contributed by atoms with Crippen LogP contribution in [0.15, 0.2) is 0 Å². The van der Waals surface area contributed by atoms with Crippen LogP contribution in [-0.2, 0) is 0 Å². The molecule has 0 nitrogen and oxygen atoms in total. The average Bonchev–Trinajstić information content (AvgIpc) is 2.78. The van der Waals surface area contributed by atoms with Crippen LogP contribution in [0.3, 0.4) is 0 Å². The van der Waals surface area contributed by atoms with Crippen molar-refractivity contribution in [2.24, 2.45) is 0 Å². The molecule has 153 valence electrons. The molecule has 1 heteroatoms. The van der Waals surface area contributed by atoms with Crippen molar-refractivity contribution in [1.82, 2.24) is 0 Å². The van der Waals surface area contributed by atoms with Crippen LogP contribution in [0.5, 0.6) is 0 Å². The van der Waals surface area contributed by atoms with E-state index in [9.17, 15) is 0 Å². The molecular formula is C25H50B. The van der Waals surface area contributed by atoms with Gasteiger partial charge in [0.1, 0.15) is 7.28 Å². The van der Waals surface area contributed by atoms with Gasteiger partial charge in [-0.15, -0.1) is 0 Å². The second-order valence-corrected chi connectivity index (χ2v) is 9.17. The molecule has 1 aliphatic rings. The van der Waals surface area contributed by atoms with E-state index in [0.717, 1.165) is 11.6 Å². The predicted molar refractivity (Wildman–Crippen MR) is 122 cm³/mol. The van der Waals surface area contributed by atoms with Crippen molar-refractivity contribution in [2.45, 2.75) is 160 Å². The first-order valence-electron chi connectivity index (χ1n) is 12.7. The van der Waals surface area contributed by atoms with E-state index >= 15 is 0 Å². The third kappa shape index (κ3) is 14.2. The van der Waals surface area contributed by atoms with Crippen molar-refractivity contribution < 1.29 is 0 Å². The highest BCUT2D eigenvalue weighted by atomic mass is 14.1. The van der Waals surface area contributed by atoms with Crippen LogP contribution in [0, 0.1) is 0 Å².